The summed E-state index contributed by atoms with van der Waals surface area (Å²) >= 11 is 23.3. The summed E-state index contributed by atoms with van der Waals surface area (Å²) in [5.41, 5.74) is 10.3. The fourth-order valence-electron chi connectivity index (χ4n) is 4.20. The molecular weight excluding hydrogens is 1050 g/mol. The molecule has 6 aromatic rings. The first-order valence-electron chi connectivity index (χ1n) is 16.1. The van der Waals surface area contributed by atoms with E-state index in [1.54, 1.807) is 76.1 Å². The van der Waals surface area contributed by atoms with Gasteiger partial charge in [0.15, 0.2) is 0 Å². The molecule has 0 fully saturated rings. The normalized spacial score (nSPS) is 10.3. The first-order valence-corrected chi connectivity index (χ1v) is 23.3. The van der Waals surface area contributed by atoms with Crippen molar-refractivity contribution >= 4 is 115 Å². The Balaban J connectivity index is 0. The van der Waals surface area contributed by atoms with Crippen LogP contribution in [0, 0.1) is 0 Å². The predicted molar refractivity (Wildman–Crippen MR) is 231 cm³/mol. The fourth-order valence-corrected chi connectivity index (χ4v) is 7.42. The van der Waals surface area contributed by atoms with E-state index in [1.807, 2.05) is 30.3 Å². The van der Waals surface area contributed by atoms with E-state index in [2.05, 4.69) is 81.9 Å². The van der Waals surface area contributed by atoms with Gasteiger partial charge in [0, 0.05) is 64.6 Å². The van der Waals surface area contributed by atoms with Crippen molar-refractivity contribution in [1.82, 2.24) is 39.9 Å². The Kier molecular flexibility index (Phi) is 28.3. The van der Waals surface area contributed by atoms with E-state index in [-0.39, 0.29) is 121 Å². The number of rotatable bonds is 7. The van der Waals surface area contributed by atoms with Gasteiger partial charge >= 0.3 is 103 Å². The number of hydrogen-bond donors (Lipinski definition) is 2. The minimum absolute atomic E-state index is 0. The Morgan fingerprint density at radius 1 is 0.797 bits per heavy atom. The molecule has 0 saturated heterocycles. The number of hydrogen-bond acceptors (Lipinski definition) is 15. The van der Waals surface area contributed by atoms with E-state index in [4.69, 9.17) is 52.0 Å². The molecule has 304 valence electrons. The molecule has 0 radical (unpaired) electrons. The van der Waals surface area contributed by atoms with Crippen molar-refractivity contribution in [2.75, 3.05) is 44.9 Å². The van der Waals surface area contributed by atoms with E-state index in [0.717, 1.165) is 22.5 Å². The van der Waals surface area contributed by atoms with E-state index < -0.39 is 21.4 Å². The van der Waals surface area contributed by atoms with Crippen molar-refractivity contribution in [3.8, 4) is 22.5 Å². The largest absolute Gasteiger partial charge is 1.00 e. The molecule has 25 heteroatoms. The molecule has 0 unspecified atom stereocenters. The zero-order valence-electron chi connectivity index (χ0n) is 34.2. The van der Waals surface area contributed by atoms with E-state index in [1.165, 1.54) is 6.20 Å². The summed E-state index contributed by atoms with van der Waals surface area (Å²) in [5.74, 6) is 0.502. The molecule has 0 aliphatic heterocycles. The molecule has 0 amide bonds. The molecule has 15 nitrogen and oxygen atoms in total. The SMILES string of the molecule is CP(C)(=O)c1cc(-c2cnccn2)ccc1N.CP(C)(=O)c1cc(-c2cnccn2)ccc1Nc1nc(Cl)ncc1Br.Clc1ncc(Br)c(Cl)n1.O=CO[O-].[2H]CF.[H-].[K+].[K+]. The second-order valence-electron chi connectivity index (χ2n) is 11.3. The minimum atomic E-state index is -2.57. The number of benzene rings is 2. The number of nitrogens with zero attached hydrogens (tertiary/aromatic N) is 8. The van der Waals surface area contributed by atoms with E-state index in [0.29, 0.717) is 41.9 Å². The molecule has 0 saturated carbocycles. The van der Waals surface area contributed by atoms with Crippen molar-refractivity contribution in [1.29, 1.82) is 0 Å². The summed E-state index contributed by atoms with van der Waals surface area (Å²) in [6.07, 6.45) is 12.9. The molecule has 59 heavy (non-hydrogen) atoms. The first kappa shape index (κ1) is 56.3. The Labute approximate surface area is 460 Å². The summed E-state index contributed by atoms with van der Waals surface area (Å²) in [5, 5.41) is 13.6. The van der Waals surface area contributed by atoms with Crippen LogP contribution in [0.1, 0.15) is 2.80 Å². The van der Waals surface area contributed by atoms with Gasteiger partial charge in [0.05, 0.1) is 46.9 Å². The number of anilines is 3. The molecular formula is C34H34Br2Cl3FK2N10O5P2. The summed E-state index contributed by atoms with van der Waals surface area (Å²) in [7, 11) is -5.95. The monoisotopic (exact) mass is 1080 g/mol. The molecule has 0 atom stereocenters. The Morgan fingerprint density at radius 3 is 1.68 bits per heavy atom. The van der Waals surface area contributed by atoms with Gasteiger partial charge < -0.3 is 31.8 Å². The van der Waals surface area contributed by atoms with Gasteiger partial charge in [0.2, 0.25) is 10.6 Å². The quantitative estimate of drug-likeness (QED) is 0.0341. The molecule has 0 aliphatic rings. The fraction of sp³-hybridized carbons (Fsp3) is 0.147. The zero-order valence-corrected chi connectivity index (χ0v) is 45.7. The Hall–Kier alpha value is -0.717. The van der Waals surface area contributed by atoms with Crippen LogP contribution in [0.15, 0.2) is 94.9 Å². The number of nitrogens with one attached hydrogen (secondary N) is 1. The van der Waals surface area contributed by atoms with Crippen molar-refractivity contribution in [2.24, 2.45) is 0 Å². The van der Waals surface area contributed by atoms with Crippen LogP contribution in [-0.4, -0.2) is 80.2 Å². The molecule has 0 aliphatic carbocycles. The third-order valence-electron chi connectivity index (χ3n) is 6.59. The molecule has 0 bridgehead atoms. The number of alkyl halides is 1. The Bertz CT molecular complexity index is 2360. The zero-order chi connectivity index (χ0) is 43.5. The molecule has 2 aromatic carbocycles. The first-order chi connectivity index (χ1) is 27.4. The second kappa shape index (κ2) is 29.6. The van der Waals surface area contributed by atoms with E-state index in [9.17, 15) is 13.5 Å². The van der Waals surface area contributed by atoms with Gasteiger partial charge in [-0.15, -0.1) is 0 Å². The van der Waals surface area contributed by atoms with Gasteiger partial charge in [-0.2, -0.15) is 4.98 Å². The average Bonchev–Trinajstić information content (AvgIpc) is 3.19. The van der Waals surface area contributed by atoms with Crippen LogP contribution >= 0.6 is 80.9 Å². The maximum atomic E-state index is 12.8. The standard InChI is InChI=1S/C16H14BrClN5OP.C12H14N3OP.C4HBrCl2N2.CH3F.CH2O3.2K.H/c1-25(2,24)14-7-10(13-9-19-5-6-20-13)3-4-12(14)22-15-11(17)8-21-16(18)23-15;1-17(2,16)12-7-9(3-4-10(12)13)11-8-14-5-6-15-11;5-2-1-8-4(7)9-3(2)6;1-2;2-1-4-3;;;/h3-9H,1-2H3,(H,21,22,23);3-8H,13H2,1-2H3;1H;1H3;1,3H;;;/q;;;;;2*+1;-1/p-1/i;;;1D;;;;. The second-order valence-corrected chi connectivity index (χ2v) is 20.4. The number of nitrogens with two attached hydrogens (primary N) is 1. The van der Waals surface area contributed by atoms with Crippen LogP contribution < -0.4 is 130 Å². The van der Waals surface area contributed by atoms with Gasteiger partial charge in [-0.05, 0) is 106 Å². The average molecular weight is 1090 g/mol. The van der Waals surface area contributed by atoms with Crippen molar-refractivity contribution in [3.63, 3.8) is 0 Å². The van der Waals surface area contributed by atoms with Gasteiger partial charge in [-0.25, -0.2) is 15.0 Å². The topological polar surface area (TPSA) is 225 Å². The number of carbonyl (C=O) groups is 1. The smallest absolute Gasteiger partial charge is 1.00 e. The third kappa shape index (κ3) is 20.6. The number of halogens is 6. The molecule has 3 N–H and O–H groups in total. The van der Waals surface area contributed by atoms with Crippen LogP contribution in [0.5, 0.6) is 0 Å². The van der Waals surface area contributed by atoms with Crippen molar-refractivity contribution < 1.29 is 134 Å². The maximum absolute atomic E-state index is 12.8. The third-order valence-corrected chi connectivity index (χ3v) is 11.7. The minimum Gasteiger partial charge on any atom is -1.00 e. The number of carbonyl (C=O) groups excluding carboxylic acids is 1. The molecule has 4 aromatic heterocycles. The van der Waals surface area contributed by atoms with Gasteiger partial charge in [0.1, 0.15) is 25.3 Å². The summed E-state index contributed by atoms with van der Waals surface area (Å²) < 4.78 is 41.7. The van der Waals surface area contributed by atoms with Crippen LogP contribution in [0.2, 0.25) is 15.7 Å². The molecule has 0 spiro atoms. The van der Waals surface area contributed by atoms with Crippen LogP contribution in [0.4, 0.5) is 21.6 Å². The maximum Gasteiger partial charge on any atom is 1.00 e. The summed E-state index contributed by atoms with van der Waals surface area (Å²) in [4.78, 5) is 43.2. The van der Waals surface area contributed by atoms with Crippen molar-refractivity contribution in [2.45, 2.75) is 0 Å². The molecule has 4 heterocycles. The summed E-state index contributed by atoms with van der Waals surface area (Å²) in [6, 6.07) is 11.1. The van der Waals surface area contributed by atoms with Gasteiger partial charge in [0.25, 0.3) is 6.47 Å². The predicted octanol–water partition coefficient (Wildman–Crippen LogP) is 2.00. The Morgan fingerprint density at radius 2 is 1.25 bits per heavy atom. The van der Waals surface area contributed by atoms with Gasteiger partial charge in [-0.3, -0.25) is 29.1 Å². The van der Waals surface area contributed by atoms with Gasteiger partial charge in [-0.1, -0.05) is 23.7 Å². The molecule has 6 rings (SSSR count). The summed E-state index contributed by atoms with van der Waals surface area (Å²) in [6.45, 7) is 6.67. The van der Waals surface area contributed by atoms with Crippen LogP contribution in [0.25, 0.3) is 22.5 Å². The van der Waals surface area contributed by atoms with Crippen LogP contribution in [0.3, 0.4) is 0 Å². The van der Waals surface area contributed by atoms with Crippen LogP contribution in [-0.2, 0) is 18.8 Å². The van der Waals surface area contributed by atoms with E-state index >= 15 is 0 Å². The number of nitrogen functional groups attached to an aromatic ring is 1. The van der Waals surface area contributed by atoms with Crippen molar-refractivity contribution in [3.05, 3.63) is 111 Å². The number of aromatic nitrogens is 8.